The molecule has 1 heterocycles. The van der Waals surface area contributed by atoms with Gasteiger partial charge in [0.25, 0.3) is 5.91 Å². The van der Waals surface area contributed by atoms with Crippen molar-refractivity contribution >= 4 is 11.9 Å². The Kier molecular flexibility index (Phi) is 5.53. The fraction of sp³-hybridized carbons (Fsp3) is 0.524. The molecule has 0 unspecified atom stereocenters. The lowest BCUT2D eigenvalue weighted by Crippen LogP contribution is -2.25. The highest BCUT2D eigenvalue weighted by Gasteiger charge is 2.38. The maximum atomic E-state index is 13.1. The molecule has 6 heteroatoms. The maximum absolute atomic E-state index is 13.1. The van der Waals surface area contributed by atoms with E-state index in [1.54, 1.807) is 32.9 Å². The van der Waals surface area contributed by atoms with Gasteiger partial charge >= 0.3 is 5.97 Å². The molecule has 0 bridgehead atoms. The molecular weight excluding hydrogens is 349 g/mol. The highest BCUT2D eigenvalue weighted by atomic mass is 19.1. The lowest BCUT2D eigenvalue weighted by atomic mass is 10.1. The summed E-state index contributed by atoms with van der Waals surface area (Å²) in [7, 11) is 0. The van der Waals surface area contributed by atoms with Gasteiger partial charge in [0.15, 0.2) is 0 Å². The number of fused-ring (bicyclic) bond motifs is 1. The molecule has 5 nitrogen and oxygen atoms in total. The number of nitrogens with zero attached hydrogens (tertiary/aromatic N) is 1. The zero-order valence-corrected chi connectivity index (χ0v) is 16.1. The molecule has 1 aromatic carbocycles. The molecular formula is C21H26FNO4. The smallest absolute Gasteiger partial charge is 0.306 e. The van der Waals surface area contributed by atoms with Crippen molar-refractivity contribution in [2.45, 2.75) is 64.6 Å². The van der Waals surface area contributed by atoms with Gasteiger partial charge in [-0.25, -0.2) is 4.39 Å². The maximum Gasteiger partial charge on any atom is 0.306 e. The highest BCUT2D eigenvalue weighted by Crippen LogP contribution is 2.35. The van der Waals surface area contributed by atoms with Crippen molar-refractivity contribution in [3.8, 4) is 5.75 Å². The molecule has 1 aliphatic carbocycles. The van der Waals surface area contributed by atoms with Crippen LogP contribution in [0.2, 0.25) is 0 Å². The van der Waals surface area contributed by atoms with Crippen LogP contribution in [0, 0.1) is 0 Å². The zero-order valence-electron chi connectivity index (χ0n) is 16.1. The minimum Gasteiger partial charge on any atom is -0.489 e. The summed E-state index contributed by atoms with van der Waals surface area (Å²) in [5.74, 6) is 0.314. The molecule has 2 aliphatic rings. The Balaban J connectivity index is 1.51. The Morgan fingerprint density at radius 3 is 2.67 bits per heavy atom. The predicted molar refractivity (Wildman–Crippen MR) is 99.1 cm³/mol. The van der Waals surface area contributed by atoms with Crippen molar-refractivity contribution in [3.05, 3.63) is 41.2 Å². The van der Waals surface area contributed by atoms with Crippen molar-refractivity contribution in [1.29, 1.82) is 0 Å². The van der Waals surface area contributed by atoms with Crippen LogP contribution in [0.3, 0.4) is 0 Å². The van der Waals surface area contributed by atoms with Gasteiger partial charge in [-0.2, -0.15) is 0 Å². The fourth-order valence-corrected chi connectivity index (χ4v) is 3.08. The number of carbonyl (C=O) groups is 2. The Labute approximate surface area is 159 Å². The van der Waals surface area contributed by atoms with Gasteiger partial charge in [0.05, 0.1) is 6.33 Å². The summed E-state index contributed by atoms with van der Waals surface area (Å²) in [6.07, 6.45) is 2.97. The summed E-state index contributed by atoms with van der Waals surface area (Å²) in [4.78, 5) is 26.0. The van der Waals surface area contributed by atoms with E-state index in [2.05, 4.69) is 0 Å². The molecule has 0 atom stereocenters. The Morgan fingerprint density at radius 1 is 1.30 bits per heavy atom. The average molecular weight is 375 g/mol. The molecule has 1 amide bonds. The third-order valence-electron chi connectivity index (χ3n) is 4.55. The van der Waals surface area contributed by atoms with Crippen LogP contribution in [0.4, 0.5) is 4.39 Å². The summed E-state index contributed by atoms with van der Waals surface area (Å²) in [6, 6.07) is 5.73. The Hall–Kier alpha value is -2.37. The number of hydrogen-bond acceptors (Lipinski definition) is 4. The predicted octanol–water partition coefficient (Wildman–Crippen LogP) is 4.16. The van der Waals surface area contributed by atoms with Gasteiger partial charge in [0.1, 0.15) is 18.0 Å². The van der Waals surface area contributed by atoms with E-state index in [-0.39, 0.29) is 31.3 Å². The number of carbonyl (C=O) groups excluding carboxylic acids is 2. The largest absolute Gasteiger partial charge is 0.489 e. The average Bonchev–Trinajstić information content (AvgIpc) is 3.38. The molecule has 146 valence electrons. The molecule has 27 heavy (non-hydrogen) atoms. The molecule has 3 rings (SSSR count). The second kappa shape index (κ2) is 7.71. The van der Waals surface area contributed by atoms with Crippen LogP contribution in [0.5, 0.6) is 5.75 Å². The van der Waals surface area contributed by atoms with Gasteiger partial charge in [0.2, 0.25) is 0 Å². The number of ether oxygens (including phenoxy) is 2. The normalized spacial score (nSPS) is 17.1. The van der Waals surface area contributed by atoms with E-state index in [0.717, 1.165) is 24.0 Å². The molecule has 1 saturated carbocycles. The minimum absolute atomic E-state index is 0.0539. The first-order valence-corrected chi connectivity index (χ1v) is 9.33. The standard InChI is InChI=1S/C21H26FNO4/c1-21(2,3)27-19(24)9-4-14(11-22)13-26-17-7-8-18-15(10-17)12-23(20(18)25)16-5-6-16/h7-8,10-11,16H,4-6,9,12-13H2,1-3H3/b14-11-. The van der Waals surface area contributed by atoms with Gasteiger partial charge in [0, 0.05) is 24.6 Å². The topological polar surface area (TPSA) is 55.8 Å². The van der Waals surface area contributed by atoms with Crippen molar-refractivity contribution in [2.24, 2.45) is 0 Å². The van der Waals surface area contributed by atoms with Crippen LogP contribution in [0.15, 0.2) is 30.1 Å². The van der Waals surface area contributed by atoms with Gasteiger partial charge in [-0.1, -0.05) is 0 Å². The number of rotatable bonds is 7. The van der Waals surface area contributed by atoms with Crippen LogP contribution in [-0.2, 0) is 16.1 Å². The third-order valence-corrected chi connectivity index (χ3v) is 4.55. The number of halogens is 1. The molecule has 0 N–H and O–H groups in total. The molecule has 0 spiro atoms. The van der Waals surface area contributed by atoms with E-state index >= 15 is 0 Å². The van der Waals surface area contributed by atoms with E-state index in [0.29, 0.717) is 30.2 Å². The van der Waals surface area contributed by atoms with Crippen LogP contribution in [0.25, 0.3) is 0 Å². The molecule has 0 radical (unpaired) electrons. The van der Waals surface area contributed by atoms with Gasteiger partial charge < -0.3 is 14.4 Å². The lowest BCUT2D eigenvalue weighted by molar-refractivity contribution is -0.154. The van der Waals surface area contributed by atoms with E-state index in [9.17, 15) is 14.0 Å². The van der Waals surface area contributed by atoms with Crippen molar-refractivity contribution in [3.63, 3.8) is 0 Å². The zero-order chi connectivity index (χ0) is 19.6. The van der Waals surface area contributed by atoms with Crippen LogP contribution >= 0.6 is 0 Å². The first kappa shape index (κ1) is 19.4. The first-order valence-electron chi connectivity index (χ1n) is 9.33. The number of amides is 1. The number of esters is 1. The number of benzene rings is 1. The third kappa shape index (κ3) is 5.08. The summed E-state index contributed by atoms with van der Waals surface area (Å²) < 4.78 is 24.0. The molecule has 0 aromatic heterocycles. The fourth-order valence-electron chi connectivity index (χ4n) is 3.08. The van der Waals surface area contributed by atoms with Crippen LogP contribution in [-0.4, -0.2) is 35.0 Å². The van der Waals surface area contributed by atoms with E-state index in [1.807, 2.05) is 11.0 Å². The summed E-state index contributed by atoms with van der Waals surface area (Å²) in [6.45, 7) is 6.05. The van der Waals surface area contributed by atoms with E-state index in [1.165, 1.54) is 0 Å². The highest BCUT2D eigenvalue weighted by molar-refractivity contribution is 5.98. The quantitative estimate of drug-likeness (QED) is 0.672. The second-order valence-electron chi connectivity index (χ2n) is 8.13. The summed E-state index contributed by atoms with van der Waals surface area (Å²) in [5.41, 5.74) is 1.50. The van der Waals surface area contributed by atoms with Gasteiger partial charge in [-0.3, -0.25) is 9.59 Å². The molecule has 1 fully saturated rings. The molecule has 1 aromatic rings. The summed E-state index contributed by atoms with van der Waals surface area (Å²) in [5, 5.41) is 0. The monoisotopic (exact) mass is 375 g/mol. The Bertz CT molecular complexity index is 762. The molecule has 0 saturated heterocycles. The SMILES string of the molecule is CC(C)(C)OC(=O)CC/C(=C/F)COc1ccc2c(c1)CN(C1CC1)C2=O. The van der Waals surface area contributed by atoms with Crippen LogP contribution in [0.1, 0.15) is 62.4 Å². The minimum atomic E-state index is -0.552. The van der Waals surface area contributed by atoms with Gasteiger partial charge in [-0.05, 0) is 69.4 Å². The first-order chi connectivity index (χ1) is 12.8. The Morgan fingerprint density at radius 2 is 2.04 bits per heavy atom. The van der Waals surface area contributed by atoms with Crippen LogP contribution < -0.4 is 4.74 Å². The van der Waals surface area contributed by atoms with Crippen molar-refractivity contribution in [2.75, 3.05) is 6.61 Å². The number of hydrogen-bond donors (Lipinski definition) is 0. The van der Waals surface area contributed by atoms with Gasteiger partial charge in [-0.15, -0.1) is 0 Å². The van der Waals surface area contributed by atoms with Crippen molar-refractivity contribution in [1.82, 2.24) is 4.90 Å². The molecule has 1 aliphatic heterocycles. The van der Waals surface area contributed by atoms with E-state index in [4.69, 9.17) is 9.47 Å². The van der Waals surface area contributed by atoms with E-state index < -0.39 is 5.60 Å². The second-order valence-corrected chi connectivity index (χ2v) is 8.13. The summed E-state index contributed by atoms with van der Waals surface area (Å²) >= 11 is 0. The lowest BCUT2D eigenvalue weighted by Gasteiger charge is -2.19. The van der Waals surface area contributed by atoms with Crippen molar-refractivity contribution < 1.29 is 23.5 Å².